The van der Waals surface area contributed by atoms with Gasteiger partial charge < -0.3 is 4.79 Å². The third kappa shape index (κ3) is 1.32. The number of hydrogen-bond acceptors (Lipinski definition) is 1. The minimum Gasteiger partial charge on any atom is -0.303 e. The van der Waals surface area contributed by atoms with Gasteiger partial charge in [-0.15, -0.1) is 0 Å². The third-order valence-electron chi connectivity index (χ3n) is 2.50. The average Bonchev–Trinajstić information content (AvgIpc) is 1.82. The van der Waals surface area contributed by atoms with Crippen LogP contribution in [0.15, 0.2) is 0 Å². The maximum absolute atomic E-state index is 10.1. The Bertz CT molecular complexity index is 96.7. The molecule has 0 amide bonds. The van der Waals surface area contributed by atoms with Crippen LogP contribution in [0.2, 0.25) is 0 Å². The molecule has 0 aromatic heterocycles. The van der Waals surface area contributed by atoms with Crippen molar-refractivity contribution in [1.29, 1.82) is 0 Å². The van der Waals surface area contributed by atoms with E-state index < -0.39 is 0 Å². The van der Waals surface area contributed by atoms with E-state index in [0.717, 1.165) is 24.5 Å². The molecular formula is C8H14O. The molecule has 0 spiro atoms. The Morgan fingerprint density at radius 3 is 2.44 bits per heavy atom. The molecule has 2 unspecified atom stereocenters. The summed E-state index contributed by atoms with van der Waals surface area (Å²) in [5.74, 6) is 1.61. The molecule has 1 aliphatic rings. The van der Waals surface area contributed by atoms with Crippen molar-refractivity contribution in [2.24, 2.45) is 11.8 Å². The van der Waals surface area contributed by atoms with Crippen LogP contribution in [0.5, 0.6) is 0 Å². The van der Waals surface area contributed by atoms with Gasteiger partial charge in [-0.2, -0.15) is 0 Å². The first kappa shape index (κ1) is 6.79. The Morgan fingerprint density at radius 2 is 2.11 bits per heavy atom. The van der Waals surface area contributed by atoms with Crippen LogP contribution in [0.1, 0.15) is 32.6 Å². The summed E-state index contributed by atoms with van der Waals surface area (Å²) in [6.45, 7) is 2.21. The molecule has 0 radical (unpaired) electrons. The lowest BCUT2D eigenvalue weighted by Gasteiger charge is -2.34. The second kappa shape index (κ2) is 3.00. The van der Waals surface area contributed by atoms with E-state index >= 15 is 0 Å². The van der Waals surface area contributed by atoms with Crippen LogP contribution in [0, 0.1) is 11.8 Å². The van der Waals surface area contributed by atoms with Crippen molar-refractivity contribution >= 4 is 6.29 Å². The van der Waals surface area contributed by atoms with Gasteiger partial charge in [-0.25, -0.2) is 0 Å². The Kier molecular flexibility index (Phi) is 2.26. The first-order chi connectivity index (χ1) is 4.38. The molecule has 0 heterocycles. The van der Waals surface area contributed by atoms with Crippen LogP contribution in [0.4, 0.5) is 0 Å². The number of hydrogen-bond donors (Lipinski definition) is 0. The Hall–Kier alpha value is -0.330. The first-order valence-electron chi connectivity index (χ1n) is 3.82. The maximum atomic E-state index is 10.1. The third-order valence-corrected chi connectivity index (χ3v) is 2.50. The van der Waals surface area contributed by atoms with Crippen molar-refractivity contribution in [1.82, 2.24) is 0 Å². The van der Waals surface area contributed by atoms with E-state index in [2.05, 4.69) is 6.92 Å². The predicted molar refractivity (Wildman–Crippen MR) is 37.2 cm³/mol. The SMILES string of the molecule is CCC1CCC1CC=O. The van der Waals surface area contributed by atoms with E-state index in [-0.39, 0.29) is 0 Å². The zero-order valence-electron chi connectivity index (χ0n) is 5.97. The highest BCUT2D eigenvalue weighted by molar-refractivity contribution is 5.50. The lowest BCUT2D eigenvalue weighted by Crippen LogP contribution is -2.25. The van der Waals surface area contributed by atoms with E-state index in [1.807, 2.05) is 0 Å². The Morgan fingerprint density at radius 1 is 1.44 bits per heavy atom. The lowest BCUT2D eigenvalue weighted by molar-refractivity contribution is -0.109. The van der Waals surface area contributed by atoms with Gasteiger partial charge >= 0.3 is 0 Å². The zero-order chi connectivity index (χ0) is 6.69. The summed E-state index contributed by atoms with van der Waals surface area (Å²) in [5, 5.41) is 0. The van der Waals surface area contributed by atoms with Gasteiger partial charge in [-0.05, 0) is 24.7 Å². The quantitative estimate of drug-likeness (QED) is 0.529. The van der Waals surface area contributed by atoms with Crippen LogP contribution in [0.25, 0.3) is 0 Å². The van der Waals surface area contributed by atoms with Gasteiger partial charge in [0.25, 0.3) is 0 Å². The molecule has 1 nitrogen and oxygen atoms in total. The summed E-state index contributed by atoms with van der Waals surface area (Å²) in [6.07, 6.45) is 5.77. The first-order valence-corrected chi connectivity index (χ1v) is 3.82. The zero-order valence-corrected chi connectivity index (χ0v) is 5.97. The number of carbonyl (C=O) groups is 1. The highest BCUT2D eigenvalue weighted by atomic mass is 16.1. The van der Waals surface area contributed by atoms with Crippen LogP contribution < -0.4 is 0 Å². The fourth-order valence-electron chi connectivity index (χ4n) is 1.61. The van der Waals surface area contributed by atoms with Gasteiger partial charge in [-0.1, -0.05) is 13.3 Å². The summed E-state index contributed by atoms with van der Waals surface area (Å²) >= 11 is 0. The molecule has 1 fully saturated rings. The average molecular weight is 126 g/mol. The molecule has 1 saturated carbocycles. The lowest BCUT2D eigenvalue weighted by atomic mass is 9.71. The van der Waals surface area contributed by atoms with E-state index in [0.29, 0.717) is 0 Å². The second-order valence-corrected chi connectivity index (χ2v) is 2.91. The molecule has 0 aromatic carbocycles. The van der Waals surface area contributed by atoms with Crippen LogP contribution in [-0.4, -0.2) is 6.29 Å². The van der Waals surface area contributed by atoms with Crippen molar-refractivity contribution in [2.75, 3.05) is 0 Å². The molecule has 52 valence electrons. The topological polar surface area (TPSA) is 17.1 Å². The minimum absolute atomic E-state index is 0.743. The Labute approximate surface area is 56.4 Å². The highest BCUT2D eigenvalue weighted by Crippen LogP contribution is 2.37. The van der Waals surface area contributed by atoms with E-state index in [9.17, 15) is 4.79 Å². The molecule has 0 bridgehead atoms. The monoisotopic (exact) mass is 126 g/mol. The van der Waals surface area contributed by atoms with Gasteiger partial charge in [0.1, 0.15) is 6.29 Å². The van der Waals surface area contributed by atoms with Gasteiger partial charge in [0.05, 0.1) is 0 Å². The van der Waals surface area contributed by atoms with Crippen LogP contribution >= 0.6 is 0 Å². The van der Waals surface area contributed by atoms with Gasteiger partial charge in [0.15, 0.2) is 0 Å². The molecular weight excluding hydrogens is 112 g/mol. The van der Waals surface area contributed by atoms with Crippen molar-refractivity contribution in [3.63, 3.8) is 0 Å². The van der Waals surface area contributed by atoms with Crippen molar-refractivity contribution < 1.29 is 4.79 Å². The summed E-state index contributed by atoms with van der Waals surface area (Å²) in [7, 11) is 0. The van der Waals surface area contributed by atoms with Gasteiger partial charge in [0, 0.05) is 6.42 Å². The summed E-state index contributed by atoms with van der Waals surface area (Å²) in [6, 6.07) is 0. The molecule has 1 rings (SSSR count). The van der Waals surface area contributed by atoms with Gasteiger partial charge in [0.2, 0.25) is 0 Å². The maximum Gasteiger partial charge on any atom is 0.120 e. The molecule has 9 heavy (non-hydrogen) atoms. The second-order valence-electron chi connectivity index (χ2n) is 2.91. The van der Waals surface area contributed by atoms with E-state index in [1.54, 1.807) is 0 Å². The summed E-state index contributed by atoms with van der Waals surface area (Å²) in [5.41, 5.74) is 0. The molecule has 1 heteroatoms. The fraction of sp³-hybridized carbons (Fsp3) is 0.875. The molecule has 0 saturated heterocycles. The number of rotatable bonds is 3. The molecule has 2 atom stereocenters. The van der Waals surface area contributed by atoms with Gasteiger partial charge in [-0.3, -0.25) is 0 Å². The standard InChI is InChI=1S/C8H14O/c1-2-7-3-4-8(7)5-6-9/h6-8H,2-5H2,1H3. The molecule has 0 aromatic rings. The molecule has 1 aliphatic carbocycles. The van der Waals surface area contributed by atoms with Crippen LogP contribution in [0.3, 0.4) is 0 Å². The van der Waals surface area contributed by atoms with Crippen molar-refractivity contribution in [3.05, 3.63) is 0 Å². The highest BCUT2D eigenvalue weighted by Gasteiger charge is 2.27. The Balaban J connectivity index is 2.18. The fourth-order valence-corrected chi connectivity index (χ4v) is 1.61. The smallest absolute Gasteiger partial charge is 0.120 e. The van der Waals surface area contributed by atoms with E-state index in [1.165, 1.54) is 19.3 Å². The summed E-state index contributed by atoms with van der Waals surface area (Å²) in [4.78, 5) is 10.1. The van der Waals surface area contributed by atoms with Crippen molar-refractivity contribution in [2.45, 2.75) is 32.6 Å². The molecule has 0 N–H and O–H groups in total. The largest absolute Gasteiger partial charge is 0.303 e. The minimum atomic E-state index is 0.743. The predicted octanol–water partition coefficient (Wildman–Crippen LogP) is 2.01. The summed E-state index contributed by atoms with van der Waals surface area (Å²) < 4.78 is 0. The van der Waals surface area contributed by atoms with Crippen molar-refractivity contribution in [3.8, 4) is 0 Å². The number of aldehydes is 1. The normalized spacial score (nSPS) is 33.4. The molecule has 0 aliphatic heterocycles. The number of carbonyl (C=O) groups excluding carboxylic acids is 1. The van der Waals surface area contributed by atoms with Crippen LogP contribution in [-0.2, 0) is 4.79 Å². The van der Waals surface area contributed by atoms with E-state index in [4.69, 9.17) is 0 Å².